The van der Waals surface area contributed by atoms with Crippen molar-refractivity contribution < 1.29 is 9.59 Å². The van der Waals surface area contributed by atoms with E-state index in [-0.39, 0.29) is 18.7 Å². The van der Waals surface area contributed by atoms with Gasteiger partial charge in [0.15, 0.2) is 0 Å². The van der Waals surface area contributed by atoms with Gasteiger partial charge in [0.2, 0.25) is 11.8 Å². The van der Waals surface area contributed by atoms with Crippen molar-refractivity contribution in [3.63, 3.8) is 0 Å². The van der Waals surface area contributed by atoms with Crippen LogP contribution in [0.25, 0.3) is 0 Å². The standard InChI is InChI=1S/C21H14Cl4N2O2/c22-15-5-3-6-16(23)13(15)11-20(28)27(19-9-1-2-10-26-19)21(29)12-14-17(24)7-4-8-18(14)25/h1-10H,11-12H2. The molecule has 0 radical (unpaired) electrons. The van der Waals surface area contributed by atoms with Gasteiger partial charge in [0.1, 0.15) is 5.82 Å². The Morgan fingerprint density at radius 1 is 0.690 bits per heavy atom. The van der Waals surface area contributed by atoms with Gasteiger partial charge >= 0.3 is 0 Å². The Bertz CT molecular complexity index is 952. The second kappa shape index (κ2) is 9.59. The average Bonchev–Trinajstić information content (AvgIpc) is 2.69. The van der Waals surface area contributed by atoms with E-state index in [1.165, 1.54) is 6.20 Å². The zero-order valence-electron chi connectivity index (χ0n) is 14.9. The fraction of sp³-hybridized carbons (Fsp3) is 0.0952. The Hall–Kier alpha value is -2.11. The van der Waals surface area contributed by atoms with Crippen molar-refractivity contribution in [1.82, 2.24) is 4.98 Å². The molecule has 8 heteroatoms. The van der Waals surface area contributed by atoms with Crippen LogP contribution in [0.2, 0.25) is 20.1 Å². The second-order valence-corrected chi connectivity index (χ2v) is 7.69. The van der Waals surface area contributed by atoms with E-state index in [9.17, 15) is 9.59 Å². The number of aromatic nitrogens is 1. The molecule has 4 nitrogen and oxygen atoms in total. The van der Waals surface area contributed by atoms with E-state index in [0.717, 1.165) is 4.90 Å². The molecule has 3 aromatic rings. The van der Waals surface area contributed by atoms with E-state index in [4.69, 9.17) is 46.4 Å². The van der Waals surface area contributed by atoms with Gasteiger partial charge in [-0.3, -0.25) is 9.59 Å². The average molecular weight is 468 g/mol. The molecule has 0 unspecified atom stereocenters. The van der Waals surface area contributed by atoms with E-state index in [1.54, 1.807) is 54.6 Å². The number of anilines is 1. The molecule has 3 rings (SSSR count). The monoisotopic (exact) mass is 466 g/mol. The number of imide groups is 1. The lowest BCUT2D eigenvalue weighted by Gasteiger charge is -2.21. The van der Waals surface area contributed by atoms with E-state index in [0.29, 0.717) is 31.2 Å². The van der Waals surface area contributed by atoms with Crippen LogP contribution >= 0.6 is 46.4 Å². The molecular weight excluding hydrogens is 454 g/mol. The van der Waals surface area contributed by atoms with Gasteiger partial charge in [0.25, 0.3) is 0 Å². The van der Waals surface area contributed by atoms with Crippen LogP contribution in [0, 0.1) is 0 Å². The first-order valence-electron chi connectivity index (χ1n) is 8.51. The number of carbonyl (C=O) groups excluding carboxylic acids is 2. The lowest BCUT2D eigenvalue weighted by Crippen LogP contribution is -2.39. The van der Waals surface area contributed by atoms with Crippen LogP contribution in [0.3, 0.4) is 0 Å². The maximum Gasteiger partial charge on any atom is 0.239 e. The molecule has 0 fully saturated rings. The molecule has 1 aromatic heterocycles. The van der Waals surface area contributed by atoms with Gasteiger partial charge in [-0.25, -0.2) is 9.88 Å². The summed E-state index contributed by atoms with van der Waals surface area (Å²) in [5.41, 5.74) is 0.871. The predicted molar refractivity (Wildman–Crippen MR) is 117 cm³/mol. The molecule has 0 saturated carbocycles. The third kappa shape index (κ3) is 5.09. The first kappa shape index (κ1) is 21.6. The molecule has 0 saturated heterocycles. The van der Waals surface area contributed by atoms with Crippen LogP contribution in [0.4, 0.5) is 5.82 Å². The van der Waals surface area contributed by atoms with Gasteiger partial charge in [-0.1, -0.05) is 64.6 Å². The molecule has 2 amide bonds. The Kier molecular flexibility index (Phi) is 7.14. The fourth-order valence-corrected chi connectivity index (χ4v) is 3.81. The Morgan fingerprint density at radius 2 is 1.14 bits per heavy atom. The summed E-state index contributed by atoms with van der Waals surface area (Å²) in [4.78, 5) is 31.3. The highest BCUT2D eigenvalue weighted by atomic mass is 35.5. The summed E-state index contributed by atoms with van der Waals surface area (Å²) in [5.74, 6) is -0.854. The maximum atomic E-state index is 13.1. The quantitative estimate of drug-likeness (QED) is 0.459. The first-order chi connectivity index (χ1) is 13.9. The molecule has 0 aliphatic rings. The van der Waals surface area contributed by atoms with Crippen LogP contribution in [0.1, 0.15) is 11.1 Å². The van der Waals surface area contributed by atoms with Gasteiger partial charge in [-0.2, -0.15) is 0 Å². The smallest absolute Gasteiger partial charge is 0.239 e. The van der Waals surface area contributed by atoms with Crippen molar-refractivity contribution in [1.29, 1.82) is 0 Å². The van der Waals surface area contributed by atoms with Crippen molar-refractivity contribution in [2.24, 2.45) is 0 Å². The van der Waals surface area contributed by atoms with Crippen LogP contribution in [0.15, 0.2) is 60.8 Å². The van der Waals surface area contributed by atoms with E-state index in [2.05, 4.69) is 4.98 Å². The van der Waals surface area contributed by atoms with Gasteiger partial charge in [0.05, 0.1) is 12.8 Å². The van der Waals surface area contributed by atoms with Crippen LogP contribution < -0.4 is 4.90 Å². The largest absolute Gasteiger partial charge is 0.274 e. The third-order valence-electron chi connectivity index (χ3n) is 4.16. The maximum absolute atomic E-state index is 13.1. The molecule has 0 spiro atoms. The minimum atomic E-state index is -0.521. The zero-order valence-corrected chi connectivity index (χ0v) is 17.9. The summed E-state index contributed by atoms with van der Waals surface area (Å²) in [6, 6.07) is 14.8. The third-order valence-corrected chi connectivity index (χ3v) is 5.57. The molecule has 148 valence electrons. The number of hydrogen-bond donors (Lipinski definition) is 0. The Labute approximate surface area is 188 Å². The summed E-state index contributed by atoms with van der Waals surface area (Å²) in [6.45, 7) is 0. The molecule has 29 heavy (non-hydrogen) atoms. The van der Waals surface area contributed by atoms with Gasteiger partial charge < -0.3 is 0 Å². The van der Waals surface area contributed by atoms with Crippen molar-refractivity contribution in [3.05, 3.63) is 92.0 Å². The van der Waals surface area contributed by atoms with Crippen LogP contribution in [0.5, 0.6) is 0 Å². The summed E-state index contributed by atoms with van der Waals surface area (Å²) >= 11 is 24.7. The number of amides is 2. The highest BCUT2D eigenvalue weighted by Crippen LogP contribution is 2.28. The number of carbonyl (C=O) groups is 2. The molecule has 2 aromatic carbocycles. The molecule has 1 heterocycles. The fourth-order valence-electron chi connectivity index (χ4n) is 2.74. The van der Waals surface area contributed by atoms with Gasteiger partial charge in [-0.15, -0.1) is 0 Å². The summed E-state index contributed by atoms with van der Waals surface area (Å²) < 4.78 is 0. The summed E-state index contributed by atoms with van der Waals surface area (Å²) in [6.07, 6.45) is 1.15. The van der Waals surface area contributed by atoms with Crippen molar-refractivity contribution in [2.45, 2.75) is 12.8 Å². The topological polar surface area (TPSA) is 50.3 Å². The number of rotatable bonds is 5. The summed E-state index contributed by atoms with van der Waals surface area (Å²) in [5, 5.41) is 1.36. The van der Waals surface area contributed by atoms with Crippen molar-refractivity contribution in [3.8, 4) is 0 Å². The Balaban J connectivity index is 1.95. The lowest BCUT2D eigenvalue weighted by molar-refractivity contribution is -0.125. The minimum absolute atomic E-state index is 0.170. The van der Waals surface area contributed by atoms with Crippen molar-refractivity contribution >= 4 is 64.0 Å². The number of nitrogens with zero attached hydrogens (tertiary/aromatic N) is 2. The van der Waals surface area contributed by atoms with Crippen LogP contribution in [-0.2, 0) is 22.4 Å². The highest BCUT2D eigenvalue weighted by molar-refractivity contribution is 6.37. The number of pyridine rings is 1. The molecule has 0 aliphatic heterocycles. The second-order valence-electron chi connectivity index (χ2n) is 6.06. The zero-order chi connectivity index (χ0) is 21.0. The van der Waals surface area contributed by atoms with Gasteiger partial charge in [-0.05, 0) is 47.5 Å². The lowest BCUT2D eigenvalue weighted by atomic mass is 10.1. The number of benzene rings is 2. The number of halogens is 4. The molecule has 0 bridgehead atoms. The van der Waals surface area contributed by atoms with E-state index in [1.807, 2.05) is 0 Å². The first-order valence-corrected chi connectivity index (χ1v) is 10.0. The predicted octanol–water partition coefficient (Wildman–Crippen LogP) is 6.04. The molecule has 0 aliphatic carbocycles. The van der Waals surface area contributed by atoms with Crippen LogP contribution in [-0.4, -0.2) is 16.8 Å². The highest BCUT2D eigenvalue weighted by Gasteiger charge is 2.27. The molecule has 0 N–H and O–H groups in total. The van der Waals surface area contributed by atoms with Crippen molar-refractivity contribution in [2.75, 3.05) is 4.90 Å². The number of hydrogen-bond acceptors (Lipinski definition) is 3. The molecule has 0 atom stereocenters. The van der Waals surface area contributed by atoms with E-state index >= 15 is 0 Å². The minimum Gasteiger partial charge on any atom is -0.274 e. The molecular formula is C21H14Cl4N2O2. The van der Waals surface area contributed by atoms with Gasteiger partial charge in [0, 0.05) is 26.3 Å². The van der Waals surface area contributed by atoms with E-state index < -0.39 is 11.8 Å². The Morgan fingerprint density at radius 3 is 1.52 bits per heavy atom. The summed E-state index contributed by atoms with van der Waals surface area (Å²) in [7, 11) is 0. The SMILES string of the molecule is O=C(Cc1c(Cl)cccc1Cl)N(C(=O)Cc1c(Cl)cccc1Cl)c1ccccn1. The normalized spacial score (nSPS) is 10.6.